The summed E-state index contributed by atoms with van der Waals surface area (Å²) in [6.07, 6.45) is 1.45. The molecule has 0 spiro atoms. The largest absolute Gasteiger partial charge is 0.497 e. The molecule has 1 aliphatic rings. The van der Waals surface area contributed by atoms with E-state index < -0.39 is 0 Å². The van der Waals surface area contributed by atoms with E-state index >= 15 is 0 Å². The Morgan fingerprint density at radius 1 is 1.14 bits per heavy atom. The summed E-state index contributed by atoms with van der Waals surface area (Å²) in [6.45, 7) is 0. The van der Waals surface area contributed by atoms with E-state index in [1.54, 1.807) is 19.2 Å². The molecular weight excluding hydrogens is 276 g/mol. The van der Waals surface area contributed by atoms with Crippen molar-refractivity contribution in [2.75, 3.05) is 7.11 Å². The lowest BCUT2D eigenvalue weighted by atomic mass is 9.78. The second kappa shape index (κ2) is 6.14. The fraction of sp³-hybridized carbons (Fsp3) is 0.263. The van der Waals surface area contributed by atoms with E-state index in [0.29, 0.717) is 12.0 Å². The average Bonchev–Trinajstić information content (AvgIpc) is 2.57. The Morgan fingerprint density at radius 2 is 1.91 bits per heavy atom. The molecule has 1 unspecified atom stereocenters. The fourth-order valence-electron chi connectivity index (χ4n) is 3.02. The number of carbonyl (C=O) groups is 2. The van der Waals surface area contributed by atoms with Crippen LogP contribution < -0.4 is 4.74 Å². The predicted octanol–water partition coefficient (Wildman–Crippen LogP) is 3.57. The number of aryl methyl sites for hydroxylation is 1. The van der Waals surface area contributed by atoms with Crippen LogP contribution in [-0.2, 0) is 11.2 Å². The van der Waals surface area contributed by atoms with Crippen LogP contribution in [0.1, 0.15) is 40.2 Å². The third-order valence-electron chi connectivity index (χ3n) is 4.24. The Labute approximate surface area is 129 Å². The SMILES string of the molecule is COc1ccc2c(c1)CCC(=O)C2CC(=O)c1ccccc1. The monoisotopic (exact) mass is 294 g/mol. The summed E-state index contributed by atoms with van der Waals surface area (Å²) in [4.78, 5) is 24.7. The van der Waals surface area contributed by atoms with Crippen LogP contribution in [-0.4, -0.2) is 18.7 Å². The highest BCUT2D eigenvalue weighted by atomic mass is 16.5. The number of Topliss-reactive ketones (excluding diaryl/α,β-unsaturated/α-hetero) is 2. The lowest BCUT2D eigenvalue weighted by molar-refractivity contribution is -0.120. The van der Waals surface area contributed by atoms with Crippen LogP contribution in [0.2, 0.25) is 0 Å². The van der Waals surface area contributed by atoms with Gasteiger partial charge in [-0.25, -0.2) is 0 Å². The molecular formula is C19H18O3. The molecule has 0 saturated carbocycles. The first-order valence-electron chi connectivity index (χ1n) is 7.47. The number of carbonyl (C=O) groups excluding carboxylic acids is 2. The molecule has 3 rings (SSSR count). The first kappa shape index (κ1) is 14.5. The summed E-state index contributed by atoms with van der Waals surface area (Å²) in [5.74, 6) is 0.633. The Bertz CT molecular complexity index is 704. The highest BCUT2D eigenvalue weighted by molar-refractivity contribution is 6.01. The van der Waals surface area contributed by atoms with Crippen LogP contribution in [0.15, 0.2) is 48.5 Å². The first-order valence-corrected chi connectivity index (χ1v) is 7.47. The van der Waals surface area contributed by atoms with E-state index in [0.717, 1.165) is 23.3 Å². The molecule has 0 N–H and O–H groups in total. The molecule has 22 heavy (non-hydrogen) atoms. The molecule has 0 amide bonds. The van der Waals surface area contributed by atoms with Gasteiger partial charge < -0.3 is 4.74 Å². The molecule has 0 radical (unpaired) electrons. The zero-order valence-electron chi connectivity index (χ0n) is 12.5. The molecule has 3 nitrogen and oxygen atoms in total. The number of ether oxygens (including phenoxy) is 1. The molecule has 0 heterocycles. The molecule has 0 aromatic heterocycles. The van der Waals surface area contributed by atoms with Crippen molar-refractivity contribution in [1.29, 1.82) is 0 Å². The lowest BCUT2D eigenvalue weighted by Crippen LogP contribution is -2.23. The highest BCUT2D eigenvalue weighted by Crippen LogP contribution is 2.34. The number of hydrogen-bond donors (Lipinski definition) is 0. The summed E-state index contributed by atoms with van der Waals surface area (Å²) < 4.78 is 5.24. The van der Waals surface area contributed by atoms with E-state index in [2.05, 4.69) is 0 Å². The maximum absolute atomic E-state index is 12.4. The van der Waals surface area contributed by atoms with Crippen LogP contribution >= 0.6 is 0 Å². The van der Waals surface area contributed by atoms with Crippen molar-refractivity contribution in [3.05, 3.63) is 65.2 Å². The van der Waals surface area contributed by atoms with E-state index in [1.807, 2.05) is 36.4 Å². The van der Waals surface area contributed by atoms with Gasteiger partial charge in [-0.1, -0.05) is 36.4 Å². The van der Waals surface area contributed by atoms with Crippen molar-refractivity contribution in [3.63, 3.8) is 0 Å². The average molecular weight is 294 g/mol. The number of benzene rings is 2. The Kier molecular flexibility index (Phi) is 4.05. The van der Waals surface area contributed by atoms with Gasteiger partial charge in [0, 0.05) is 18.4 Å². The van der Waals surface area contributed by atoms with Gasteiger partial charge in [-0.3, -0.25) is 9.59 Å². The molecule has 3 heteroatoms. The van der Waals surface area contributed by atoms with E-state index in [1.165, 1.54) is 0 Å². The van der Waals surface area contributed by atoms with Gasteiger partial charge in [0.15, 0.2) is 5.78 Å². The molecule has 0 fully saturated rings. The molecule has 1 aliphatic carbocycles. The maximum Gasteiger partial charge on any atom is 0.163 e. The van der Waals surface area contributed by atoms with E-state index in [-0.39, 0.29) is 23.9 Å². The third kappa shape index (κ3) is 2.80. The topological polar surface area (TPSA) is 43.4 Å². The van der Waals surface area contributed by atoms with Gasteiger partial charge in [-0.15, -0.1) is 0 Å². The molecule has 1 atom stereocenters. The Hall–Kier alpha value is -2.42. The van der Waals surface area contributed by atoms with Crippen LogP contribution in [0.25, 0.3) is 0 Å². The molecule has 0 bridgehead atoms. The van der Waals surface area contributed by atoms with E-state index in [9.17, 15) is 9.59 Å². The second-order valence-electron chi connectivity index (χ2n) is 5.58. The van der Waals surface area contributed by atoms with Gasteiger partial charge in [0.1, 0.15) is 11.5 Å². The number of fused-ring (bicyclic) bond motifs is 1. The van der Waals surface area contributed by atoms with Crippen LogP contribution in [0, 0.1) is 0 Å². The molecule has 112 valence electrons. The number of rotatable bonds is 4. The minimum Gasteiger partial charge on any atom is -0.497 e. The van der Waals surface area contributed by atoms with Crippen molar-refractivity contribution >= 4 is 11.6 Å². The van der Waals surface area contributed by atoms with Crippen molar-refractivity contribution in [1.82, 2.24) is 0 Å². The van der Waals surface area contributed by atoms with Crippen molar-refractivity contribution in [2.45, 2.75) is 25.2 Å². The van der Waals surface area contributed by atoms with Crippen molar-refractivity contribution in [3.8, 4) is 5.75 Å². The Morgan fingerprint density at radius 3 is 2.64 bits per heavy atom. The van der Waals surface area contributed by atoms with Gasteiger partial charge in [0.05, 0.1) is 13.0 Å². The van der Waals surface area contributed by atoms with Crippen LogP contribution in [0.3, 0.4) is 0 Å². The smallest absolute Gasteiger partial charge is 0.163 e. The summed E-state index contributed by atoms with van der Waals surface area (Å²) in [5.41, 5.74) is 2.75. The maximum atomic E-state index is 12.4. The first-order chi connectivity index (χ1) is 10.7. The predicted molar refractivity (Wildman–Crippen MR) is 84.5 cm³/mol. The molecule has 2 aromatic rings. The van der Waals surface area contributed by atoms with Crippen LogP contribution in [0.4, 0.5) is 0 Å². The van der Waals surface area contributed by atoms with Gasteiger partial charge in [0.25, 0.3) is 0 Å². The Balaban J connectivity index is 1.88. The summed E-state index contributed by atoms with van der Waals surface area (Å²) in [5, 5.41) is 0. The summed E-state index contributed by atoms with van der Waals surface area (Å²) in [7, 11) is 1.63. The van der Waals surface area contributed by atoms with Crippen LogP contribution in [0.5, 0.6) is 5.75 Å². The summed E-state index contributed by atoms with van der Waals surface area (Å²) >= 11 is 0. The molecule has 0 saturated heterocycles. The van der Waals surface area contributed by atoms with E-state index in [4.69, 9.17) is 4.74 Å². The number of hydrogen-bond acceptors (Lipinski definition) is 3. The zero-order chi connectivity index (χ0) is 15.5. The van der Waals surface area contributed by atoms with Crippen molar-refractivity contribution < 1.29 is 14.3 Å². The van der Waals surface area contributed by atoms with Gasteiger partial charge >= 0.3 is 0 Å². The zero-order valence-corrected chi connectivity index (χ0v) is 12.5. The van der Waals surface area contributed by atoms with Crippen molar-refractivity contribution in [2.24, 2.45) is 0 Å². The number of methoxy groups -OCH3 is 1. The second-order valence-corrected chi connectivity index (χ2v) is 5.58. The standard InChI is InChI=1S/C19H18O3/c1-22-15-8-9-16-14(11-15)7-10-18(20)17(16)12-19(21)13-5-3-2-4-6-13/h2-6,8-9,11,17H,7,10,12H2,1H3. The fourth-order valence-corrected chi connectivity index (χ4v) is 3.02. The number of ketones is 2. The minimum atomic E-state index is -0.331. The minimum absolute atomic E-state index is 0.0163. The normalized spacial score (nSPS) is 17.0. The van der Waals surface area contributed by atoms with Gasteiger partial charge in [0.2, 0.25) is 0 Å². The highest BCUT2D eigenvalue weighted by Gasteiger charge is 2.29. The summed E-state index contributed by atoms with van der Waals surface area (Å²) in [6, 6.07) is 14.9. The molecule has 0 aliphatic heterocycles. The van der Waals surface area contributed by atoms with Gasteiger partial charge in [-0.05, 0) is 29.7 Å². The van der Waals surface area contributed by atoms with Gasteiger partial charge in [-0.2, -0.15) is 0 Å². The third-order valence-corrected chi connectivity index (χ3v) is 4.24. The molecule has 2 aromatic carbocycles. The lowest BCUT2D eigenvalue weighted by Gasteiger charge is -2.24. The quantitative estimate of drug-likeness (QED) is 0.810.